The van der Waals surface area contributed by atoms with Gasteiger partial charge in [0.25, 0.3) is 0 Å². The summed E-state index contributed by atoms with van der Waals surface area (Å²) in [5.74, 6) is 2.07. The molecule has 9 rings (SSSR count). The van der Waals surface area contributed by atoms with Gasteiger partial charge in [0.1, 0.15) is 5.82 Å². The molecule has 3 heterocycles. The number of ether oxygens (including phenoxy) is 1. The fourth-order valence-electron chi connectivity index (χ4n) is 9.21. The van der Waals surface area contributed by atoms with Crippen LogP contribution in [0.15, 0.2) is 152 Å². The number of aromatic nitrogens is 2. The van der Waals surface area contributed by atoms with Crippen LogP contribution in [-0.2, 0) is 42.7 Å². The molecule has 8 aromatic rings. The first-order chi connectivity index (χ1) is 31.9. The zero-order valence-electron chi connectivity index (χ0n) is 42.9. The molecule has 0 saturated carbocycles. The molecule has 0 bridgehead atoms. The standard InChI is InChI=1S/C63H67N4O.Pt/c1-59(2,3)45-25-28-55-54(36-45)53-27-26-51(39-56(53)67(55)58-37-46(29-30-64-58)60(4,5)6)68-52-35-48(63(13,14)44-23-19-16-20-24-44)34-49(38-52)65-40-57(62(10,11)12)66(41-65)50-32-43(42-21-17-15-18-22-42)31-47(33-50)61(7,8)9;/h15-37,40-41H,1-14H3;/q-3;. The fraction of sp³-hybridized carbons (Fsp3) is 0.302. The van der Waals surface area contributed by atoms with Gasteiger partial charge < -0.3 is 19.1 Å². The first kappa shape index (κ1) is 49.5. The van der Waals surface area contributed by atoms with E-state index in [0.717, 1.165) is 44.6 Å². The maximum absolute atomic E-state index is 7.01. The molecule has 0 radical (unpaired) electrons. The van der Waals surface area contributed by atoms with Crippen molar-refractivity contribution in [2.45, 2.75) is 119 Å². The molecule has 5 nitrogen and oxygen atoms in total. The predicted octanol–water partition coefficient (Wildman–Crippen LogP) is 16.8. The van der Waals surface area contributed by atoms with E-state index in [1.54, 1.807) is 0 Å². The Morgan fingerprint density at radius 3 is 1.81 bits per heavy atom. The average molecular weight is 1090 g/mol. The van der Waals surface area contributed by atoms with Crippen molar-refractivity contribution in [2.75, 3.05) is 9.80 Å². The van der Waals surface area contributed by atoms with Crippen LogP contribution in [0.2, 0.25) is 0 Å². The van der Waals surface area contributed by atoms with Gasteiger partial charge in [0.2, 0.25) is 0 Å². The zero-order valence-corrected chi connectivity index (χ0v) is 45.2. The number of fused-ring (bicyclic) bond motifs is 3. The fourth-order valence-corrected chi connectivity index (χ4v) is 9.21. The third-order valence-corrected chi connectivity index (χ3v) is 13.6. The average Bonchev–Trinajstić information content (AvgIpc) is 3.89. The summed E-state index contributed by atoms with van der Waals surface area (Å²) >= 11 is 0. The first-order valence-electron chi connectivity index (χ1n) is 24.1. The summed E-state index contributed by atoms with van der Waals surface area (Å²) in [5.41, 5.74) is 13.0. The second-order valence-corrected chi connectivity index (χ2v) is 23.3. The molecule has 6 heteroatoms. The van der Waals surface area contributed by atoms with Gasteiger partial charge in [-0.1, -0.05) is 181 Å². The van der Waals surface area contributed by atoms with Crippen molar-refractivity contribution in [1.82, 2.24) is 9.55 Å². The van der Waals surface area contributed by atoms with Crippen molar-refractivity contribution < 1.29 is 25.8 Å². The molecule has 0 N–H and O–H groups in total. The molecular weight excluding hydrogens is 1020 g/mol. The number of benzene rings is 6. The van der Waals surface area contributed by atoms with Gasteiger partial charge in [-0.25, -0.2) is 4.98 Å². The molecular formula is C63H67N4OPt-3. The van der Waals surface area contributed by atoms with E-state index in [9.17, 15) is 0 Å². The summed E-state index contributed by atoms with van der Waals surface area (Å²) in [5, 5.41) is 2.26. The maximum Gasteiger partial charge on any atom is 0.135 e. The largest absolute Gasteiger partial charge is 0.509 e. The van der Waals surface area contributed by atoms with E-state index < -0.39 is 0 Å². The van der Waals surface area contributed by atoms with Crippen LogP contribution in [0, 0.1) is 24.2 Å². The van der Waals surface area contributed by atoms with Gasteiger partial charge in [0, 0.05) is 61.1 Å². The van der Waals surface area contributed by atoms with Crippen molar-refractivity contribution in [3.8, 4) is 28.4 Å². The van der Waals surface area contributed by atoms with E-state index in [2.05, 4.69) is 264 Å². The number of hydrogen-bond acceptors (Lipinski definition) is 4. The minimum atomic E-state index is -0.362. The summed E-state index contributed by atoms with van der Waals surface area (Å²) in [6, 6.07) is 55.7. The smallest absolute Gasteiger partial charge is 0.135 e. The molecule has 0 saturated heterocycles. The number of anilines is 2. The van der Waals surface area contributed by atoms with Crippen LogP contribution < -0.4 is 14.5 Å². The molecule has 69 heavy (non-hydrogen) atoms. The minimum Gasteiger partial charge on any atom is -0.509 e. The van der Waals surface area contributed by atoms with Gasteiger partial charge in [-0.2, -0.15) is 6.07 Å². The van der Waals surface area contributed by atoms with Gasteiger partial charge in [-0.3, -0.25) is 0 Å². The summed E-state index contributed by atoms with van der Waals surface area (Å²) in [6.07, 6.45) is 4.19. The van der Waals surface area contributed by atoms with E-state index in [1.165, 1.54) is 39.1 Å². The summed E-state index contributed by atoms with van der Waals surface area (Å²) in [4.78, 5) is 9.55. The molecule has 0 unspecified atom stereocenters. The molecule has 1 aliphatic rings. The van der Waals surface area contributed by atoms with Crippen LogP contribution in [0.25, 0.3) is 38.8 Å². The molecule has 0 amide bonds. The Balaban J connectivity index is 0.00000642. The Labute approximate surface area is 426 Å². The van der Waals surface area contributed by atoms with Crippen LogP contribution in [-0.4, -0.2) is 9.55 Å². The molecule has 6 aromatic carbocycles. The molecule has 358 valence electrons. The Morgan fingerprint density at radius 2 is 1.16 bits per heavy atom. The van der Waals surface area contributed by atoms with Gasteiger partial charge in [0.05, 0.1) is 0 Å². The second kappa shape index (κ2) is 18.1. The van der Waals surface area contributed by atoms with E-state index in [4.69, 9.17) is 9.72 Å². The second-order valence-electron chi connectivity index (χ2n) is 23.3. The molecule has 1 aliphatic heterocycles. The Morgan fingerprint density at radius 1 is 0.507 bits per heavy atom. The van der Waals surface area contributed by atoms with Crippen molar-refractivity contribution in [3.63, 3.8) is 0 Å². The van der Waals surface area contributed by atoms with Crippen LogP contribution in [0.3, 0.4) is 0 Å². The minimum absolute atomic E-state index is 0. The predicted molar refractivity (Wildman–Crippen MR) is 286 cm³/mol. The van der Waals surface area contributed by atoms with Crippen LogP contribution in [0.1, 0.15) is 125 Å². The van der Waals surface area contributed by atoms with Gasteiger partial charge in [-0.05, 0) is 97.0 Å². The van der Waals surface area contributed by atoms with E-state index in [1.807, 2.05) is 12.3 Å². The summed E-state index contributed by atoms with van der Waals surface area (Å²) in [7, 11) is 0. The van der Waals surface area contributed by atoms with Crippen molar-refractivity contribution in [1.29, 1.82) is 0 Å². The Kier molecular flexibility index (Phi) is 13.0. The third kappa shape index (κ3) is 9.96. The van der Waals surface area contributed by atoms with Crippen molar-refractivity contribution >= 4 is 33.2 Å². The number of nitrogens with zero attached hydrogens (tertiary/aromatic N) is 4. The monoisotopic (exact) mass is 1090 g/mol. The van der Waals surface area contributed by atoms with Crippen LogP contribution in [0.5, 0.6) is 11.5 Å². The van der Waals surface area contributed by atoms with E-state index in [-0.39, 0.29) is 48.1 Å². The SMILES string of the molecule is CC(C)(C)C1=CN(c2[c-]c(Oc3[c-]c4c(cc3)c3cc(C(C)(C)C)ccc3n4-c3cc(C(C)(C)C)ccn3)cc(C(C)(C)c3ccccc3)c2)[CH-]N1c1cc(-c2ccccc2)cc(C(C)(C)C)c1.[Pt]. The first-order valence-corrected chi connectivity index (χ1v) is 24.1. The van der Waals surface area contributed by atoms with Gasteiger partial charge in [-0.15, -0.1) is 53.6 Å². The van der Waals surface area contributed by atoms with Crippen LogP contribution in [0.4, 0.5) is 11.4 Å². The maximum atomic E-state index is 7.01. The number of hydrogen-bond donors (Lipinski definition) is 0. The molecule has 0 atom stereocenters. The number of rotatable bonds is 8. The molecule has 0 aliphatic carbocycles. The van der Waals surface area contributed by atoms with Crippen molar-refractivity contribution in [2.24, 2.45) is 5.41 Å². The summed E-state index contributed by atoms with van der Waals surface area (Å²) in [6.45, 7) is 34.0. The number of pyridine rings is 1. The van der Waals surface area contributed by atoms with Gasteiger partial charge in [0.15, 0.2) is 0 Å². The van der Waals surface area contributed by atoms with Gasteiger partial charge >= 0.3 is 0 Å². The molecule has 0 spiro atoms. The summed E-state index contributed by atoms with van der Waals surface area (Å²) < 4.78 is 9.25. The number of allylic oxidation sites excluding steroid dienone is 1. The normalized spacial score (nSPS) is 13.8. The molecule has 0 fully saturated rings. The third-order valence-electron chi connectivity index (χ3n) is 13.6. The van der Waals surface area contributed by atoms with E-state index in [0.29, 0.717) is 11.5 Å². The topological polar surface area (TPSA) is 33.5 Å². The Bertz CT molecular complexity index is 3190. The zero-order chi connectivity index (χ0) is 48.6. The van der Waals surface area contributed by atoms with Crippen LogP contribution >= 0.6 is 0 Å². The van der Waals surface area contributed by atoms with Crippen molar-refractivity contribution in [3.05, 3.63) is 198 Å². The van der Waals surface area contributed by atoms with E-state index >= 15 is 0 Å². The molecule has 2 aromatic heterocycles. The Hall–Kier alpha value is -5.90. The quantitative estimate of drug-likeness (QED) is 0.142.